The minimum absolute atomic E-state index is 0.0606. The molecule has 3 aromatic rings. The molecule has 0 atom stereocenters. The number of rotatable bonds is 7. The van der Waals surface area contributed by atoms with Crippen LogP contribution in [-0.4, -0.2) is 33.0 Å². The van der Waals surface area contributed by atoms with Crippen molar-refractivity contribution in [3.63, 3.8) is 0 Å². The number of nitrogens with one attached hydrogen (secondary N) is 1. The molecule has 0 aliphatic rings. The highest BCUT2D eigenvalue weighted by atomic mass is 32.2. The van der Waals surface area contributed by atoms with Crippen molar-refractivity contribution in [3.05, 3.63) is 71.0 Å². The summed E-state index contributed by atoms with van der Waals surface area (Å²) in [5.74, 6) is -0.841. The van der Waals surface area contributed by atoms with E-state index in [2.05, 4.69) is 14.4 Å². The van der Waals surface area contributed by atoms with Crippen LogP contribution in [0.2, 0.25) is 0 Å². The Morgan fingerprint density at radius 3 is 2.46 bits per heavy atom. The number of aromatic nitrogens is 1. The summed E-state index contributed by atoms with van der Waals surface area (Å²) in [5, 5.41) is 2.59. The number of ether oxygens (including phenoxy) is 1. The molecule has 146 valence electrons. The Hall–Kier alpha value is -2.62. The maximum Gasteiger partial charge on any atom is 0.337 e. The van der Waals surface area contributed by atoms with Gasteiger partial charge in [0, 0.05) is 23.9 Å². The molecular formula is C19H17FN2O4S2. The normalized spacial score (nSPS) is 11.4. The summed E-state index contributed by atoms with van der Waals surface area (Å²) in [6.45, 7) is 0.174. The van der Waals surface area contributed by atoms with E-state index in [1.807, 2.05) is 5.38 Å². The predicted octanol–water partition coefficient (Wildman–Crippen LogP) is 3.26. The van der Waals surface area contributed by atoms with Crippen molar-refractivity contribution in [3.8, 4) is 10.6 Å². The van der Waals surface area contributed by atoms with Crippen molar-refractivity contribution >= 4 is 27.3 Å². The number of carbonyl (C=O) groups is 1. The third kappa shape index (κ3) is 4.80. The van der Waals surface area contributed by atoms with E-state index in [1.54, 1.807) is 12.1 Å². The van der Waals surface area contributed by atoms with Gasteiger partial charge in [-0.05, 0) is 48.5 Å². The van der Waals surface area contributed by atoms with E-state index in [-0.39, 0.29) is 22.8 Å². The average molecular weight is 420 g/mol. The quantitative estimate of drug-likeness (QED) is 0.593. The molecule has 28 heavy (non-hydrogen) atoms. The third-order valence-electron chi connectivity index (χ3n) is 3.90. The second kappa shape index (κ2) is 8.59. The zero-order valence-electron chi connectivity index (χ0n) is 14.9. The Morgan fingerprint density at radius 2 is 1.82 bits per heavy atom. The van der Waals surface area contributed by atoms with Crippen LogP contribution in [0.5, 0.6) is 0 Å². The highest BCUT2D eigenvalue weighted by molar-refractivity contribution is 7.89. The van der Waals surface area contributed by atoms with Gasteiger partial charge in [-0.25, -0.2) is 27.3 Å². The topological polar surface area (TPSA) is 85.4 Å². The highest BCUT2D eigenvalue weighted by Gasteiger charge is 2.15. The molecule has 0 bridgehead atoms. The molecule has 2 aromatic carbocycles. The second-order valence-corrected chi connectivity index (χ2v) is 8.44. The monoisotopic (exact) mass is 420 g/mol. The zero-order valence-corrected chi connectivity index (χ0v) is 16.5. The van der Waals surface area contributed by atoms with Crippen molar-refractivity contribution in [1.29, 1.82) is 0 Å². The smallest absolute Gasteiger partial charge is 0.337 e. The van der Waals surface area contributed by atoms with E-state index in [0.717, 1.165) is 16.3 Å². The van der Waals surface area contributed by atoms with Crippen LogP contribution in [-0.2, 0) is 21.2 Å². The molecule has 1 N–H and O–H groups in total. The van der Waals surface area contributed by atoms with Gasteiger partial charge in [-0.2, -0.15) is 0 Å². The van der Waals surface area contributed by atoms with Crippen LogP contribution in [0.4, 0.5) is 4.39 Å². The maximum absolute atomic E-state index is 13.0. The first-order chi connectivity index (χ1) is 13.4. The summed E-state index contributed by atoms with van der Waals surface area (Å²) in [4.78, 5) is 15.9. The highest BCUT2D eigenvalue weighted by Crippen LogP contribution is 2.24. The third-order valence-corrected chi connectivity index (χ3v) is 6.32. The number of hydrogen-bond donors (Lipinski definition) is 1. The predicted molar refractivity (Wildman–Crippen MR) is 104 cm³/mol. The first-order valence-electron chi connectivity index (χ1n) is 8.27. The van der Waals surface area contributed by atoms with Crippen molar-refractivity contribution < 1.29 is 22.3 Å². The lowest BCUT2D eigenvalue weighted by molar-refractivity contribution is 0.0600. The Kier molecular flexibility index (Phi) is 6.18. The van der Waals surface area contributed by atoms with Crippen molar-refractivity contribution in [1.82, 2.24) is 9.71 Å². The number of carbonyl (C=O) groups excluding carboxylic acids is 1. The summed E-state index contributed by atoms with van der Waals surface area (Å²) in [5.41, 5.74) is 1.83. The molecule has 0 radical (unpaired) electrons. The molecule has 0 fully saturated rings. The van der Waals surface area contributed by atoms with Crippen LogP contribution in [0.15, 0.2) is 58.8 Å². The molecule has 0 saturated carbocycles. The summed E-state index contributed by atoms with van der Waals surface area (Å²) in [6, 6.07) is 11.5. The Bertz CT molecular complexity index is 1060. The molecule has 6 nitrogen and oxygen atoms in total. The number of esters is 1. The summed E-state index contributed by atoms with van der Waals surface area (Å²) < 4.78 is 44.8. The number of benzene rings is 2. The molecule has 9 heteroatoms. The van der Waals surface area contributed by atoms with Gasteiger partial charge in [-0.3, -0.25) is 0 Å². The van der Waals surface area contributed by atoms with Crippen LogP contribution in [0.3, 0.4) is 0 Å². The van der Waals surface area contributed by atoms with E-state index >= 15 is 0 Å². The fourth-order valence-electron chi connectivity index (χ4n) is 2.43. The number of sulfonamides is 1. The first-order valence-corrected chi connectivity index (χ1v) is 10.6. The van der Waals surface area contributed by atoms with Gasteiger partial charge >= 0.3 is 5.97 Å². The van der Waals surface area contributed by atoms with Gasteiger partial charge in [-0.1, -0.05) is 0 Å². The molecular weight excluding hydrogens is 403 g/mol. The molecule has 1 aromatic heterocycles. The Morgan fingerprint density at radius 1 is 1.14 bits per heavy atom. The van der Waals surface area contributed by atoms with Crippen LogP contribution in [0, 0.1) is 5.82 Å². The molecule has 0 spiro atoms. The van der Waals surface area contributed by atoms with Crippen LogP contribution >= 0.6 is 11.3 Å². The molecule has 0 amide bonds. The van der Waals surface area contributed by atoms with Gasteiger partial charge in [0.25, 0.3) is 0 Å². The number of methoxy groups -OCH3 is 1. The lowest BCUT2D eigenvalue weighted by Crippen LogP contribution is -2.26. The second-order valence-electron chi connectivity index (χ2n) is 5.81. The van der Waals surface area contributed by atoms with E-state index in [9.17, 15) is 17.6 Å². The molecule has 1 heterocycles. The minimum atomic E-state index is -3.70. The van der Waals surface area contributed by atoms with E-state index in [1.165, 1.54) is 54.8 Å². The largest absolute Gasteiger partial charge is 0.465 e. The van der Waals surface area contributed by atoms with Crippen LogP contribution < -0.4 is 4.72 Å². The summed E-state index contributed by atoms with van der Waals surface area (Å²) >= 11 is 1.41. The average Bonchev–Trinajstić information content (AvgIpc) is 3.16. The van der Waals surface area contributed by atoms with Crippen molar-refractivity contribution in [2.24, 2.45) is 0 Å². The number of halogens is 1. The molecule has 0 aliphatic heterocycles. The maximum atomic E-state index is 13.0. The van der Waals surface area contributed by atoms with Crippen molar-refractivity contribution in [2.75, 3.05) is 13.7 Å². The van der Waals surface area contributed by atoms with Gasteiger partial charge in [0.05, 0.1) is 23.3 Å². The Balaban J connectivity index is 1.59. The SMILES string of the molecule is COC(=O)c1ccc(S(=O)(=O)NCCc2csc(-c3ccc(F)cc3)n2)cc1. The lowest BCUT2D eigenvalue weighted by atomic mass is 10.2. The van der Waals surface area contributed by atoms with Gasteiger partial charge < -0.3 is 4.74 Å². The minimum Gasteiger partial charge on any atom is -0.465 e. The number of nitrogens with zero attached hydrogens (tertiary/aromatic N) is 1. The van der Waals surface area contributed by atoms with Gasteiger partial charge in [-0.15, -0.1) is 11.3 Å². The molecule has 0 saturated heterocycles. The van der Waals surface area contributed by atoms with Crippen LogP contribution in [0.1, 0.15) is 16.1 Å². The number of hydrogen-bond acceptors (Lipinski definition) is 6. The summed E-state index contributed by atoms with van der Waals surface area (Å²) in [6.07, 6.45) is 0.414. The van der Waals surface area contributed by atoms with E-state index < -0.39 is 16.0 Å². The standard InChI is InChI=1S/C19H17FN2O4S2/c1-26-19(23)14-4-8-17(9-5-14)28(24,25)21-11-10-16-12-27-18(22-16)13-2-6-15(20)7-3-13/h2-9,12,21H,10-11H2,1H3. The van der Waals surface area contributed by atoms with E-state index in [0.29, 0.717) is 6.42 Å². The zero-order chi connectivity index (χ0) is 20.1. The van der Waals surface area contributed by atoms with Gasteiger partial charge in [0.1, 0.15) is 10.8 Å². The molecule has 0 aliphatic carbocycles. The molecule has 3 rings (SSSR count). The summed E-state index contributed by atoms with van der Waals surface area (Å²) in [7, 11) is -2.44. The Labute approximate surface area is 166 Å². The van der Waals surface area contributed by atoms with E-state index in [4.69, 9.17) is 0 Å². The fourth-order valence-corrected chi connectivity index (χ4v) is 4.32. The number of thiazole rings is 1. The van der Waals surface area contributed by atoms with Gasteiger partial charge in [0.2, 0.25) is 10.0 Å². The van der Waals surface area contributed by atoms with Gasteiger partial charge in [0.15, 0.2) is 0 Å². The van der Waals surface area contributed by atoms with Crippen LogP contribution in [0.25, 0.3) is 10.6 Å². The molecule has 0 unspecified atom stereocenters. The fraction of sp³-hybridized carbons (Fsp3) is 0.158. The first kappa shape index (κ1) is 20.1. The lowest BCUT2D eigenvalue weighted by Gasteiger charge is -2.06. The van der Waals surface area contributed by atoms with Crippen molar-refractivity contribution in [2.45, 2.75) is 11.3 Å².